The molecule has 3 aromatic rings. The smallest absolute Gasteiger partial charge is 0.311 e. The van der Waals surface area contributed by atoms with Gasteiger partial charge in [-0.05, 0) is 35.2 Å². The van der Waals surface area contributed by atoms with Gasteiger partial charge < -0.3 is 19.7 Å². The van der Waals surface area contributed by atoms with E-state index in [1.54, 1.807) is 0 Å². The van der Waals surface area contributed by atoms with Crippen molar-refractivity contribution in [1.29, 1.82) is 0 Å². The molecular formula is C29H32BrN3O6. The number of nitro groups is 1. The molecule has 0 bridgehead atoms. The lowest BCUT2D eigenvalue weighted by atomic mass is 10.0. The fourth-order valence-corrected chi connectivity index (χ4v) is 4.38. The quantitative estimate of drug-likeness (QED) is 0.215. The van der Waals surface area contributed by atoms with Gasteiger partial charge in [-0.15, -0.1) is 0 Å². The Bertz CT molecular complexity index is 1290. The maximum absolute atomic E-state index is 13.7. The van der Waals surface area contributed by atoms with Gasteiger partial charge in [-0.3, -0.25) is 19.7 Å². The number of methoxy groups -OCH3 is 1. The summed E-state index contributed by atoms with van der Waals surface area (Å²) in [5.74, 6) is -0.176. The zero-order valence-electron chi connectivity index (χ0n) is 22.1. The molecule has 39 heavy (non-hydrogen) atoms. The van der Waals surface area contributed by atoms with Gasteiger partial charge in [0.15, 0.2) is 6.61 Å². The van der Waals surface area contributed by atoms with E-state index in [2.05, 4.69) is 21.2 Å². The highest BCUT2D eigenvalue weighted by atomic mass is 79.9. The van der Waals surface area contributed by atoms with E-state index in [1.165, 1.54) is 30.2 Å². The highest BCUT2D eigenvalue weighted by molar-refractivity contribution is 9.10. The molecule has 0 aliphatic heterocycles. The monoisotopic (exact) mass is 597 g/mol. The van der Waals surface area contributed by atoms with Crippen LogP contribution in [0.4, 0.5) is 5.69 Å². The van der Waals surface area contributed by atoms with Crippen molar-refractivity contribution >= 4 is 33.4 Å². The number of amides is 2. The summed E-state index contributed by atoms with van der Waals surface area (Å²) in [4.78, 5) is 39.3. The minimum Gasteiger partial charge on any atom is -0.490 e. The average Bonchev–Trinajstić information content (AvgIpc) is 2.92. The molecule has 0 unspecified atom stereocenters. The second kappa shape index (κ2) is 14.3. The molecule has 0 radical (unpaired) electrons. The Kier molecular flexibility index (Phi) is 10.9. The van der Waals surface area contributed by atoms with Crippen LogP contribution in [0.2, 0.25) is 0 Å². The lowest BCUT2D eigenvalue weighted by Crippen LogP contribution is -2.52. The van der Waals surface area contributed by atoms with Crippen molar-refractivity contribution in [2.24, 2.45) is 5.92 Å². The fourth-order valence-electron chi connectivity index (χ4n) is 3.94. The Morgan fingerprint density at radius 1 is 1.03 bits per heavy atom. The Hall–Kier alpha value is -3.92. The summed E-state index contributed by atoms with van der Waals surface area (Å²) >= 11 is 3.47. The van der Waals surface area contributed by atoms with Crippen LogP contribution in [0.25, 0.3) is 0 Å². The van der Waals surface area contributed by atoms with Crippen molar-refractivity contribution < 1.29 is 24.0 Å². The van der Waals surface area contributed by atoms with E-state index in [1.807, 2.05) is 68.4 Å². The van der Waals surface area contributed by atoms with E-state index in [9.17, 15) is 19.7 Å². The van der Waals surface area contributed by atoms with Crippen LogP contribution in [-0.4, -0.2) is 47.9 Å². The molecule has 0 aromatic heterocycles. The lowest BCUT2D eigenvalue weighted by molar-refractivity contribution is -0.385. The molecule has 0 aliphatic rings. The zero-order valence-corrected chi connectivity index (χ0v) is 23.7. The van der Waals surface area contributed by atoms with Gasteiger partial charge in [0.1, 0.15) is 11.8 Å². The van der Waals surface area contributed by atoms with Crippen LogP contribution in [-0.2, 0) is 22.6 Å². The van der Waals surface area contributed by atoms with Gasteiger partial charge in [-0.1, -0.05) is 72.2 Å². The molecule has 0 spiro atoms. The number of carbonyl (C=O) groups excluding carboxylic acids is 2. The third-order valence-corrected chi connectivity index (χ3v) is 6.40. The number of hydrogen-bond donors (Lipinski definition) is 1. The molecule has 0 fully saturated rings. The standard InChI is InChI=1S/C29H32BrN3O6/c1-20(2)17-31-29(35)26(15-21-8-5-4-6-9-21)32(18-22-10-7-11-23(30)14-22)28(34)19-39-24-12-13-25(33(36)37)27(16-24)38-3/h4-14,16,20,26H,15,17-19H2,1-3H3,(H,31,35)/t26-/m0/s1. The van der Waals surface area contributed by atoms with Crippen LogP contribution in [0.1, 0.15) is 25.0 Å². The van der Waals surface area contributed by atoms with Crippen molar-refractivity contribution in [3.8, 4) is 11.5 Å². The van der Waals surface area contributed by atoms with Gasteiger partial charge in [0.2, 0.25) is 11.7 Å². The van der Waals surface area contributed by atoms with Gasteiger partial charge in [0.05, 0.1) is 12.0 Å². The molecule has 1 atom stereocenters. The average molecular weight is 598 g/mol. The van der Waals surface area contributed by atoms with Gasteiger partial charge in [0, 0.05) is 36.1 Å². The first kappa shape index (κ1) is 29.6. The second-order valence-corrected chi connectivity index (χ2v) is 10.3. The molecule has 0 heterocycles. The first-order chi connectivity index (χ1) is 18.7. The minimum absolute atomic E-state index is 0.0194. The highest BCUT2D eigenvalue weighted by Gasteiger charge is 2.31. The number of hydrogen-bond acceptors (Lipinski definition) is 6. The second-order valence-electron chi connectivity index (χ2n) is 9.38. The summed E-state index contributed by atoms with van der Waals surface area (Å²) in [6, 6.07) is 20.3. The summed E-state index contributed by atoms with van der Waals surface area (Å²) in [6.45, 7) is 4.28. The first-order valence-corrected chi connectivity index (χ1v) is 13.3. The van der Waals surface area contributed by atoms with Crippen molar-refractivity contribution in [3.05, 3.63) is 98.5 Å². The summed E-state index contributed by atoms with van der Waals surface area (Å²) in [5.41, 5.74) is 1.54. The van der Waals surface area contributed by atoms with E-state index in [0.29, 0.717) is 13.0 Å². The van der Waals surface area contributed by atoms with Gasteiger partial charge in [-0.2, -0.15) is 0 Å². The van der Waals surface area contributed by atoms with Crippen molar-refractivity contribution in [1.82, 2.24) is 10.2 Å². The van der Waals surface area contributed by atoms with Crippen LogP contribution in [0, 0.1) is 16.0 Å². The van der Waals surface area contributed by atoms with E-state index in [0.717, 1.165) is 15.6 Å². The van der Waals surface area contributed by atoms with Gasteiger partial charge >= 0.3 is 5.69 Å². The number of rotatable bonds is 13. The maximum atomic E-state index is 13.7. The number of benzene rings is 3. The number of halogens is 1. The topological polar surface area (TPSA) is 111 Å². The van der Waals surface area contributed by atoms with Crippen molar-refractivity contribution in [2.75, 3.05) is 20.3 Å². The number of ether oxygens (including phenoxy) is 2. The van der Waals surface area contributed by atoms with Crippen molar-refractivity contribution in [3.63, 3.8) is 0 Å². The molecular weight excluding hydrogens is 566 g/mol. The molecule has 206 valence electrons. The molecule has 9 nitrogen and oxygen atoms in total. The fraction of sp³-hybridized carbons (Fsp3) is 0.310. The SMILES string of the molecule is COc1cc(OCC(=O)N(Cc2cccc(Br)c2)[C@@H](Cc2ccccc2)C(=O)NCC(C)C)ccc1[N+](=O)[O-]. The van der Waals surface area contributed by atoms with Crippen LogP contribution in [0.15, 0.2) is 77.3 Å². The maximum Gasteiger partial charge on any atom is 0.311 e. The normalized spacial score (nSPS) is 11.5. The van der Waals surface area contributed by atoms with Gasteiger partial charge in [-0.25, -0.2) is 0 Å². The van der Waals surface area contributed by atoms with E-state index in [4.69, 9.17) is 9.47 Å². The molecule has 3 aromatic carbocycles. The largest absolute Gasteiger partial charge is 0.490 e. The molecule has 1 N–H and O–H groups in total. The lowest BCUT2D eigenvalue weighted by Gasteiger charge is -2.31. The third kappa shape index (κ3) is 8.81. The molecule has 3 rings (SSSR count). The Labute approximate surface area is 236 Å². The predicted octanol–water partition coefficient (Wildman–Crippen LogP) is 5.16. The Morgan fingerprint density at radius 2 is 1.74 bits per heavy atom. The zero-order chi connectivity index (χ0) is 28.4. The summed E-state index contributed by atoms with van der Waals surface area (Å²) < 4.78 is 11.7. The summed E-state index contributed by atoms with van der Waals surface area (Å²) in [7, 11) is 1.32. The minimum atomic E-state index is -0.798. The number of nitro benzene ring substituents is 1. The Morgan fingerprint density at radius 3 is 2.38 bits per heavy atom. The predicted molar refractivity (Wildman–Crippen MR) is 152 cm³/mol. The van der Waals surface area contributed by atoms with Gasteiger partial charge in [0.25, 0.3) is 5.91 Å². The van der Waals surface area contributed by atoms with Crippen LogP contribution >= 0.6 is 15.9 Å². The van der Waals surface area contributed by atoms with E-state index < -0.39 is 16.9 Å². The highest BCUT2D eigenvalue weighted by Crippen LogP contribution is 2.31. The molecule has 2 amide bonds. The molecule has 10 heteroatoms. The Balaban J connectivity index is 1.91. The first-order valence-electron chi connectivity index (χ1n) is 12.5. The van der Waals surface area contributed by atoms with Crippen molar-refractivity contribution in [2.45, 2.75) is 32.9 Å². The van der Waals surface area contributed by atoms with Crippen LogP contribution in [0.5, 0.6) is 11.5 Å². The van der Waals surface area contributed by atoms with Crippen LogP contribution < -0.4 is 14.8 Å². The number of carbonyl (C=O) groups is 2. The molecule has 0 saturated carbocycles. The molecule has 0 saturated heterocycles. The van der Waals surface area contributed by atoms with Crippen LogP contribution in [0.3, 0.4) is 0 Å². The number of nitrogens with one attached hydrogen (secondary N) is 1. The summed E-state index contributed by atoms with van der Waals surface area (Å²) in [5, 5.41) is 14.2. The van der Waals surface area contributed by atoms with E-state index in [-0.39, 0.29) is 42.2 Å². The molecule has 0 aliphatic carbocycles. The summed E-state index contributed by atoms with van der Waals surface area (Å²) in [6.07, 6.45) is 0.315. The number of nitrogens with zero attached hydrogens (tertiary/aromatic N) is 2. The van der Waals surface area contributed by atoms with E-state index >= 15 is 0 Å². The third-order valence-electron chi connectivity index (χ3n) is 5.91.